The van der Waals surface area contributed by atoms with E-state index < -0.39 is 21.7 Å². The van der Waals surface area contributed by atoms with Gasteiger partial charge >= 0.3 is 0 Å². The fraction of sp³-hybridized carbons (Fsp3) is 0.233. The normalized spacial score (nSPS) is 12.4. The van der Waals surface area contributed by atoms with Crippen molar-refractivity contribution >= 4 is 21.4 Å². The number of methoxy groups -OCH3 is 1. The maximum atomic E-state index is 15.1. The van der Waals surface area contributed by atoms with Gasteiger partial charge in [-0.15, -0.1) is 0 Å². The highest BCUT2D eigenvalue weighted by atomic mass is 35.5. The van der Waals surface area contributed by atoms with Crippen molar-refractivity contribution in [3.05, 3.63) is 116 Å². The van der Waals surface area contributed by atoms with E-state index in [-0.39, 0.29) is 33.9 Å². The molecule has 0 spiro atoms. The number of hydrogen-bond donors (Lipinski definition) is 1. The number of nitrogens with two attached hydrogens (primary N) is 1. The van der Waals surface area contributed by atoms with Crippen LogP contribution in [-0.4, -0.2) is 26.4 Å². The molecule has 2 N–H and O–H groups in total. The summed E-state index contributed by atoms with van der Waals surface area (Å²) < 4.78 is 47.3. The van der Waals surface area contributed by atoms with E-state index in [1.807, 2.05) is 30.3 Å². The molecule has 1 unspecified atom stereocenters. The molecular weight excluding hydrogens is 539 g/mol. The van der Waals surface area contributed by atoms with Crippen molar-refractivity contribution in [2.24, 2.45) is 5.73 Å². The summed E-state index contributed by atoms with van der Waals surface area (Å²) in [6.45, 7) is 3.38. The first-order chi connectivity index (χ1) is 18.5. The first-order valence-corrected chi connectivity index (χ1v) is 14.6. The number of pyridine rings is 1. The van der Waals surface area contributed by atoms with E-state index in [0.717, 1.165) is 11.8 Å². The van der Waals surface area contributed by atoms with E-state index in [1.54, 1.807) is 36.6 Å². The van der Waals surface area contributed by atoms with Gasteiger partial charge in [-0.1, -0.05) is 60.1 Å². The molecule has 0 bridgehead atoms. The number of aromatic nitrogens is 1. The largest absolute Gasteiger partial charge is 0.495 e. The summed E-state index contributed by atoms with van der Waals surface area (Å²) in [5.41, 5.74) is 9.44. The van der Waals surface area contributed by atoms with E-state index in [9.17, 15) is 13.2 Å². The number of benzene rings is 3. The van der Waals surface area contributed by atoms with Crippen molar-refractivity contribution < 1.29 is 17.5 Å². The fourth-order valence-corrected chi connectivity index (χ4v) is 6.15. The Hall–Kier alpha value is -3.46. The van der Waals surface area contributed by atoms with Gasteiger partial charge in [0.15, 0.2) is 15.3 Å². The third-order valence-electron chi connectivity index (χ3n) is 7.01. The summed E-state index contributed by atoms with van der Waals surface area (Å²) in [6.07, 6.45) is 1.25. The summed E-state index contributed by atoms with van der Waals surface area (Å²) >= 11 is 6.67. The van der Waals surface area contributed by atoms with Crippen LogP contribution in [0.1, 0.15) is 34.1 Å². The summed E-state index contributed by atoms with van der Waals surface area (Å²) in [6, 6.07) is 18.1. The highest BCUT2D eigenvalue weighted by Crippen LogP contribution is 2.36. The molecule has 1 heterocycles. The lowest BCUT2D eigenvalue weighted by Gasteiger charge is -2.24. The first-order valence-electron chi connectivity index (χ1n) is 12.3. The fourth-order valence-electron chi connectivity index (χ4n) is 4.92. The number of rotatable bonds is 8. The van der Waals surface area contributed by atoms with Crippen LogP contribution in [0, 0.1) is 19.7 Å². The molecular formula is C30H30ClFN2O4S. The van der Waals surface area contributed by atoms with Crippen molar-refractivity contribution in [3.8, 4) is 16.9 Å². The van der Waals surface area contributed by atoms with Crippen LogP contribution < -0.4 is 15.9 Å². The van der Waals surface area contributed by atoms with Crippen molar-refractivity contribution in [2.75, 3.05) is 13.4 Å². The SMILES string of the molecule is COc1cccc(-c2c(C)n(Cc3c(F)cccc3S(C)(=O)=O)c(C)c(CC(N)c3ccccc3)c2=O)c1Cl. The quantitative estimate of drug-likeness (QED) is 0.297. The Bertz CT molecular complexity index is 1700. The second-order valence-electron chi connectivity index (χ2n) is 9.47. The molecule has 3 aromatic carbocycles. The molecule has 4 rings (SSSR count). The summed E-state index contributed by atoms with van der Waals surface area (Å²) in [5, 5.41) is 0.261. The molecule has 6 nitrogen and oxygen atoms in total. The zero-order chi connectivity index (χ0) is 28.5. The van der Waals surface area contributed by atoms with Gasteiger partial charge in [0.2, 0.25) is 0 Å². The van der Waals surface area contributed by atoms with Crippen LogP contribution in [0.15, 0.2) is 76.4 Å². The molecule has 204 valence electrons. The molecule has 39 heavy (non-hydrogen) atoms. The summed E-state index contributed by atoms with van der Waals surface area (Å²) in [5.74, 6) is -0.255. The minimum Gasteiger partial charge on any atom is -0.495 e. The minimum atomic E-state index is -3.73. The lowest BCUT2D eigenvalue weighted by atomic mass is 9.93. The highest BCUT2D eigenvalue weighted by molar-refractivity contribution is 7.90. The molecule has 0 radical (unpaired) electrons. The number of sulfone groups is 1. The van der Waals surface area contributed by atoms with Gasteiger partial charge in [0, 0.05) is 40.4 Å². The third-order valence-corrected chi connectivity index (χ3v) is 8.58. The monoisotopic (exact) mass is 568 g/mol. The van der Waals surface area contributed by atoms with Crippen LogP contribution in [0.5, 0.6) is 5.75 Å². The number of nitrogens with zero attached hydrogens (tertiary/aromatic N) is 1. The van der Waals surface area contributed by atoms with Crippen LogP contribution in [0.3, 0.4) is 0 Å². The molecule has 0 fully saturated rings. The van der Waals surface area contributed by atoms with Crippen molar-refractivity contribution in [2.45, 2.75) is 37.8 Å². The molecule has 4 aromatic rings. The summed E-state index contributed by atoms with van der Waals surface area (Å²) in [4.78, 5) is 14.0. The molecule has 0 aliphatic heterocycles. The third kappa shape index (κ3) is 5.64. The van der Waals surface area contributed by atoms with Gasteiger partial charge < -0.3 is 15.0 Å². The number of hydrogen-bond acceptors (Lipinski definition) is 5. The van der Waals surface area contributed by atoms with Crippen molar-refractivity contribution in [3.63, 3.8) is 0 Å². The zero-order valence-corrected chi connectivity index (χ0v) is 23.7. The van der Waals surface area contributed by atoms with E-state index >= 15 is 4.39 Å². The van der Waals surface area contributed by atoms with E-state index in [0.29, 0.717) is 33.8 Å². The Morgan fingerprint density at radius 1 is 0.974 bits per heavy atom. The van der Waals surface area contributed by atoms with Crippen LogP contribution in [0.25, 0.3) is 11.1 Å². The molecule has 0 aliphatic carbocycles. The second-order valence-corrected chi connectivity index (χ2v) is 11.8. The predicted octanol–water partition coefficient (Wildman–Crippen LogP) is 5.63. The minimum absolute atomic E-state index is 0.0100. The van der Waals surface area contributed by atoms with Crippen LogP contribution in [-0.2, 0) is 22.8 Å². The standard InChI is InChI=1S/C30H30ClFN2O4S/c1-18-22(16-25(33)20-10-6-5-7-11-20)30(35)28(21-12-8-14-26(38-3)29(21)31)19(2)34(18)17-23-24(32)13-9-15-27(23)39(4,36)37/h5-15,25H,16-17,33H2,1-4H3. The van der Waals surface area contributed by atoms with Gasteiger partial charge in [0.05, 0.1) is 29.1 Å². The maximum Gasteiger partial charge on any atom is 0.193 e. The van der Waals surface area contributed by atoms with E-state index in [1.165, 1.54) is 25.3 Å². The van der Waals surface area contributed by atoms with Gasteiger partial charge in [0.1, 0.15) is 11.6 Å². The molecule has 0 saturated carbocycles. The highest BCUT2D eigenvalue weighted by Gasteiger charge is 2.25. The van der Waals surface area contributed by atoms with Crippen LogP contribution >= 0.6 is 11.6 Å². The molecule has 0 aliphatic rings. The van der Waals surface area contributed by atoms with Gasteiger partial charge in [-0.2, -0.15) is 0 Å². The Kier molecular flexibility index (Phi) is 8.30. The predicted molar refractivity (Wildman–Crippen MR) is 153 cm³/mol. The van der Waals surface area contributed by atoms with Crippen molar-refractivity contribution in [1.29, 1.82) is 0 Å². The van der Waals surface area contributed by atoms with Crippen LogP contribution in [0.4, 0.5) is 4.39 Å². The molecule has 9 heteroatoms. The van der Waals surface area contributed by atoms with Crippen LogP contribution in [0.2, 0.25) is 5.02 Å². The topological polar surface area (TPSA) is 91.4 Å². The Morgan fingerprint density at radius 3 is 2.28 bits per heavy atom. The second kappa shape index (κ2) is 11.3. The van der Waals surface area contributed by atoms with E-state index in [2.05, 4.69) is 0 Å². The number of ether oxygens (including phenoxy) is 1. The Labute approximate surface area is 232 Å². The smallest absolute Gasteiger partial charge is 0.193 e. The molecule has 1 aromatic heterocycles. The van der Waals surface area contributed by atoms with Gasteiger partial charge in [-0.3, -0.25) is 4.79 Å². The summed E-state index contributed by atoms with van der Waals surface area (Å²) in [7, 11) is -2.24. The average Bonchev–Trinajstić information content (AvgIpc) is 2.90. The van der Waals surface area contributed by atoms with E-state index in [4.69, 9.17) is 22.1 Å². The molecule has 1 atom stereocenters. The molecule has 0 amide bonds. The lowest BCUT2D eigenvalue weighted by Crippen LogP contribution is -2.27. The first kappa shape index (κ1) is 28.5. The Morgan fingerprint density at radius 2 is 1.64 bits per heavy atom. The number of halogens is 2. The van der Waals surface area contributed by atoms with Gasteiger partial charge in [0.25, 0.3) is 0 Å². The van der Waals surface area contributed by atoms with Gasteiger partial charge in [-0.05, 0) is 44.0 Å². The average molecular weight is 569 g/mol. The van der Waals surface area contributed by atoms with Gasteiger partial charge in [-0.25, -0.2) is 12.8 Å². The zero-order valence-electron chi connectivity index (χ0n) is 22.2. The molecule has 0 saturated heterocycles. The lowest BCUT2D eigenvalue weighted by molar-refractivity contribution is 0.415. The van der Waals surface area contributed by atoms with Crippen molar-refractivity contribution in [1.82, 2.24) is 4.57 Å². The Balaban J connectivity index is 2.01. The maximum absolute atomic E-state index is 15.1.